The van der Waals surface area contributed by atoms with Gasteiger partial charge in [0.05, 0.1) is 10.6 Å². The van der Waals surface area contributed by atoms with E-state index in [4.69, 9.17) is 4.42 Å². The van der Waals surface area contributed by atoms with Crippen LogP contribution in [0.25, 0.3) is 21.9 Å². The Morgan fingerprint density at radius 3 is 2.70 bits per heavy atom. The number of fused-ring (bicyclic) bond motifs is 3. The Bertz CT molecular complexity index is 1040. The minimum absolute atomic E-state index is 0.0828. The van der Waals surface area contributed by atoms with Gasteiger partial charge in [0.2, 0.25) is 5.82 Å². The van der Waals surface area contributed by atoms with Gasteiger partial charge in [-0.25, -0.2) is 4.98 Å². The van der Waals surface area contributed by atoms with Gasteiger partial charge >= 0.3 is 5.69 Å². The second-order valence-electron chi connectivity index (χ2n) is 5.03. The van der Waals surface area contributed by atoms with E-state index in [9.17, 15) is 10.1 Å². The molecule has 6 nitrogen and oxygen atoms in total. The number of benzene rings is 2. The van der Waals surface area contributed by atoms with Crippen LogP contribution in [-0.4, -0.2) is 9.91 Å². The van der Waals surface area contributed by atoms with Gasteiger partial charge in [-0.15, -0.1) is 0 Å². The van der Waals surface area contributed by atoms with Crippen molar-refractivity contribution in [3.63, 3.8) is 0 Å². The third-order valence-corrected chi connectivity index (χ3v) is 3.64. The van der Waals surface area contributed by atoms with Gasteiger partial charge in [-0.05, 0) is 18.2 Å². The molecule has 0 aliphatic heterocycles. The van der Waals surface area contributed by atoms with E-state index in [2.05, 4.69) is 10.3 Å². The second-order valence-corrected chi connectivity index (χ2v) is 5.03. The number of nitro groups is 1. The molecular weight excluding hydrogens is 294 g/mol. The molecule has 2 aromatic heterocycles. The molecule has 1 N–H and O–H groups in total. The standard InChI is InChI=1S/C17H11N3O3/c21-20(22)14-8-4-10-18-17(14)19-13-7-3-6-12-11-5-1-2-9-15(11)23-16(12)13/h1-10H,(H,18,19). The topological polar surface area (TPSA) is 81.2 Å². The SMILES string of the molecule is O=[N+]([O-])c1cccnc1Nc1cccc2c1oc1ccccc12. The molecule has 2 aromatic carbocycles. The molecule has 0 spiro atoms. The van der Waals surface area contributed by atoms with Crippen molar-refractivity contribution in [2.24, 2.45) is 0 Å². The van der Waals surface area contributed by atoms with Crippen LogP contribution < -0.4 is 5.32 Å². The molecule has 112 valence electrons. The quantitative estimate of drug-likeness (QED) is 0.440. The molecule has 0 amide bonds. The molecule has 0 aliphatic carbocycles. The summed E-state index contributed by atoms with van der Waals surface area (Å²) in [5.74, 6) is 0.186. The summed E-state index contributed by atoms with van der Waals surface area (Å²) in [4.78, 5) is 14.7. The van der Waals surface area contributed by atoms with Crippen LogP contribution >= 0.6 is 0 Å². The number of rotatable bonds is 3. The zero-order chi connectivity index (χ0) is 15.8. The average Bonchev–Trinajstić information content (AvgIpc) is 2.95. The van der Waals surface area contributed by atoms with Gasteiger partial charge in [-0.3, -0.25) is 10.1 Å². The van der Waals surface area contributed by atoms with Crippen molar-refractivity contribution in [3.8, 4) is 0 Å². The molecule has 6 heteroatoms. The Morgan fingerprint density at radius 2 is 1.83 bits per heavy atom. The van der Waals surface area contributed by atoms with Crippen LogP contribution in [0.4, 0.5) is 17.2 Å². The number of hydrogen-bond donors (Lipinski definition) is 1. The fourth-order valence-electron chi connectivity index (χ4n) is 2.61. The van der Waals surface area contributed by atoms with Crippen LogP contribution in [0.5, 0.6) is 0 Å². The zero-order valence-corrected chi connectivity index (χ0v) is 11.9. The predicted molar refractivity (Wildman–Crippen MR) is 87.9 cm³/mol. The van der Waals surface area contributed by atoms with Gasteiger partial charge < -0.3 is 9.73 Å². The summed E-state index contributed by atoms with van der Waals surface area (Å²) in [6.45, 7) is 0. The lowest BCUT2D eigenvalue weighted by Crippen LogP contribution is -1.99. The van der Waals surface area contributed by atoms with E-state index >= 15 is 0 Å². The maximum atomic E-state index is 11.1. The van der Waals surface area contributed by atoms with E-state index in [-0.39, 0.29) is 11.5 Å². The summed E-state index contributed by atoms with van der Waals surface area (Å²) >= 11 is 0. The van der Waals surface area contributed by atoms with Gasteiger partial charge in [-0.1, -0.05) is 30.3 Å². The molecular formula is C17H11N3O3. The monoisotopic (exact) mass is 305 g/mol. The molecule has 0 aliphatic rings. The summed E-state index contributed by atoms with van der Waals surface area (Å²) in [5.41, 5.74) is 1.97. The number of nitrogens with one attached hydrogen (secondary N) is 1. The van der Waals surface area contributed by atoms with Gasteiger partial charge in [0.15, 0.2) is 5.58 Å². The molecule has 4 rings (SSSR count). The number of hydrogen-bond acceptors (Lipinski definition) is 5. The summed E-state index contributed by atoms with van der Waals surface area (Å²) in [7, 11) is 0. The largest absolute Gasteiger partial charge is 0.454 e. The molecule has 23 heavy (non-hydrogen) atoms. The highest BCUT2D eigenvalue weighted by molar-refractivity contribution is 6.09. The Balaban J connectivity index is 1.89. The number of nitrogens with zero attached hydrogens (tertiary/aromatic N) is 2. The molecule has 0 unspecified atom stereocenters. The van der Waals surface area contributed by atoms with Crippen LogP contribution in [0.2, 0.25) is 0 Å². The Morgan fingerprint density at radius 1 is 1.00 bits per heavy atom. The maximum Gasteiger partial charge on any atom is 0.311 e. The van der Waals surface area contributed by atoms with Crippen molar-refractivity contribution in [1.29, 1.82) is 0 Å². The molecule has 0 saturated heterocycles. The summed E-state index contributed by atoms with van der Waals surface area (Å²) in [6.07, 6.45) is 1.51. The highest BCUT2D eigenvalue weighted by atomic mass is 16.6. The van der Waals surface area contributed by atoms with Crippen LogP contribution in [-0.2, 0) is 0 Å². The molecule has 0 atom stereocenters. The fourth-order valence-corrected chi connectivity index (χ4v) is 2.61. The van der Waals surface area contributed by atoms with Crippen LogP contribution in [0.15, 0.2) is 65.2 Å². The smallest absolute Gasteiger partial charge is 0.311 e. The molecule has 0 saturated carbocycles. The highest BCUT2D eigenvalue weighted by Gasteiger charge is 2.16. The maximum absolute atomic E-state index is 11.1. The molecule has 2 heterocycles. The molecule has 0 fully saturated rings. The molecule has 4 aromatic rings. The van der Waals surface area contributed by atoms with E-state index in [1.54, 1.807) is 0 Å². The van der Waals surface area contributed by atoms with Crippen molar-refractivity contribution in [2.45, 2.75) is 0 Å². The Hall–Kier alpha value is -3.41. The first-order valence-electron chi connectivity index (χ1n) is 7.01. The Kier molecular flexibility index (Phi) is 2.94. The van der Waals surface area contributed by atoms with E-state index in [0.717, 1.165) is 16.4 Å². The first-order chi connectivity index (χ1) is 11.2. The number of furan rings is 1. The van der Waals surface area contributed by atoms with E-state index in [1.165, 1.54) is 18.3 Å². The fraction of sp³-hybridized carbons (Fsp3) is 0. The minimum Gasteiger partial charge on any atom is -0.454 e. The third-order valence-electron chi connectivity index (χ3n) is 3.64. The number of anilines is 2. The lowest BCUT2D eigenvalue weighted by molar-refractivity contribution is -0.384. The molecule has 0 bridgehead atoms. The molecule has 0 radical (unpaired) electrons. The highest BCUT2D eigenvalue weighted by Crippen LogP contribution is 2.35. The van der Waals surface area contributed by atoms with Crippen LogP contribution in [0, 0.1) is 10.1 Å². The van der Waals surface area contributed by atoms with Crippen molar-refractivity contribution in [1.82, 2.24) is 4.98 Å². The van der Waals surface area contributed by atoms with Crippen molar-refractivity contribution in [2.75, 3.05) is 5.32 Å². The lowest BCUT2D eigenvalue weighted by Gasteiger charge is -2.06. The minimum atomic E-state index is -0.464. The van der Waals surface area contributed by atoms with Gasteiger partial charge in [0, 0.05) is 23.0 Å². The van der Waals surface area contributed by atoms with Crippen LogP contribution in [0.3, 0.4) is 0 Å². The summed E-state index contributed by atoms with van der Waals surface area (Å²) in [6, 6.07) is 16.3. The average molecular weight is 305 g/mol. The summed E-state index contributed by atoms with van der Waals surface area (Å²) < 4.78 is 5.90. The van der Waals surface area contributed by atoms with Gasteiger partial charge in [0.25, 0.3) is 0 Å². The number of aromatic nitrogens is 1. The van der Waals surface area contributed by atoms with Gasteiger partial charge in [0.1, 0.15) is 5.58 Å². The zero-order valence-electron chi connectivity index (χ0n) is 11.9. The first kappa shape index (κ1) is 13.3. The lowest BCUT2D eigenvalue weighted by atomic mass is 10.1. The number of para-hydroxylation sites is 2. The third kappa shape index (κ3) is 2.17. The first-order valence-corrected chi connectivity index (χ1v) is 7.01. The Labute approximate surface area is 130 Å². The van der Waals surface area contributed by atoms with Crippen molar-refractivity contribution in [3.05, 3.63) is 70.9 Å². The summed E-state index contributed by atoms with van der Waals surface area (Å²) in [5, 5.41) is 16.1. The predicted octanol–water partition coefficient (Wildman–Crippen LogP) is 4.63. The van der Waals surface area contributed by atoms with Crippen molar-refractivity contribution < 1.29 is 9.34 Å². The number of pyridine rings is 1. The van der Waals surface area contributed by atoms with E-state index < -0.39 is 4.92 Å². The van der Waals surface area contributed by atoms with E-state index in [1.807, 2.05) is 42.5 Å². The second kappa shape index (κ2) is 5.10. The normalized spacial score (nSPS) is 11.0. The van der Waals surface area contributed by atoms with Gasteiger partial charge in [-0.2, -0.15) is 0 Å². The van der Waals surface area contributed by atoms with Crippen molar-refractivity contribution >= 4 is 39.1 Å². The van der Waals surface area contributed by atoms with E-state index in [0.29, 0.717) is 11.3 Å². The van der Waals surface area contributed by atoms with Crippen LogP contribution in [0.1, 0.15) is 0 Å².